The molecule has 0 atom stereocenters. The van der Waals surface area contributed by atoms with Crippen molar-refractivity contribution in [1.82, 2.24) is 0 Å². The van der Waals surface area contributed by atoms with Crippen molar-refractivity contribution in [2.24, 2.45) is 0 Å². The van der Waals surface area contributed by atoms with Gasteiger partial charge in [0, 0.05) is 17.1 Å². The molecule has 2 rings (SSSR count). The van der Waals surface area contributed by atoms with Crippen LogP contribution in [0, 0.1) is 26.9 Å². The summed E-state index contributed by atoms with van der Waals surface area (Å²) in [6.45, 7) is 15.6. The maximum Gasteiger partial charge on any atom is 0 e. The van der Waals surface area contributed by atoms with Crippen LogP contribution in [-0.4, -0.2) is 0 Å². The van der Waals surface area contributed by atoms with Crippen LogP contribution in [0.15, 0.2) is 54.6 Å². The number of ether oxygens (including phenoxy) is 1. The predicted molar refractivity (Wildman–Crippen MR) is 83.1 cm³/mol. The Morgan fingerprint density at radius 2 is 0.929 bits per heavy atom. The summed E-state index contributed by atoms with van der Waals surface area (Å²) in [6, 6.07) is 17.8. The number of rotatable bonds is 2. The van der Waals surface area contributed by atoms with E-state index in [4.69, 9.17) is 18.7 Å². The summed E-state index contributed by atoms with van der Waals surface area (Å²) in [5.41, 5.74) is 1.24. The molecule has 2 aromatic rings. The van der Waals surface area contributed by atoms with Gasteiger partial charge in [0.1, 0.15) is 11.5 Å². The molecule has 2 aromatic carbocycles. The second kappa shape index (κ2) is 14.1. The third-order valence-electron chi connectivity index (χ3n) is 2.00. The van der Waals surface area contributed by atoms with Crippen LogP contribution in [0.4, 0.5) is 25.2 Å². The quantitative estimate of drug-likeness (QED) is 0.153. The molecule has 0 N–H and O–H groups in total. The standard InChI is InChI=1S/C13H12O.3CO.F6P.Mn/c1-11-7-9-13(10-8-11)14-12-5-3-2-4-6-12;3*1-2;1-7(2,3,4,5)6;/h2-10H,1H3;;;;;/q;;;;-1;. The van der Waals surface area contributed by atoms with E-state index in [9.17, 15) is 25.2 Å². The van der Waals surface area contributed by atoms with E-state index in [1.165, 1.54) is 5.56 Å². The van der Waals surface area contributed by atoms with Crippen LogP contribution in [0.3, 0.4) is 0 Å². The Labute approximate surface area is 167 Å². The van der Waals surface area contributed by atoms with Gasteiger partial charge in [0.15, 0.2) is 0 Å². The first kappa shape index (κ1) is 33.6. The number of para-hydroxylation sites is 1. The van der Waals surface area contributed by atoms with Gasteiger partial charge in [-0.3, -0.25) is 0 Å². The van der Waals surface area contributed by atoms with Gasteiger partial charge < -0.3 is 4.74 Å². The summed E-state index contributed by atoms with van der Waals surface area (Å²) in [5, 5.41) is 0. The van der Waals surface area contributed by atoms with Crippen LogP contribution in [0.2, 0.25) is 0 Å². The van der Waals surface area contributed by atoms with Gasteiger partial charge in [-0.2, -0.15) is 0 Å². The molecular weight excluding hydrogens is 456 g/mol. The molecule has 12 heteroatoms. The number of benzene rings is 2. The summed E-state index contributed by atoms with van der Waals surface area (Å²) < 4.78 is 87.3. The average Bonchev–Trinajstić information content (AvgIpc) is 2.61. The predicted octanol–water partition coefficient (Wildman–Crippen LogP) is 7.05. The molecule has 0 aliphatic rings. The van der Waals surface area contributed by atoms with Crippen molar-refractivity contribution in [1.29, 1.82) is 0 Å². The van der Waals surface area contributed by atoms with Gasteiger partial charge >= 0.3 is 66.9 Å². The molecule has 0 bridgehead atoms. The van der Waals surface area contributed by atoms with E-state index in [2.05, 4.69) is 26.9 Å². The maximum absolute atomic E-state index is 10.7. The zero-order chi connectivity index (χ0) is 22.2. The first-order valence-electron chi connectivity index (χ1n) is 6.27. The molecule has 0 aromatic heterocycles. The van der Waals surface area contributed by atoms with E-state index in [0.717, 1.165) is 11.5 Å². The molecule has 0 unspecified atom stereocenters. The van der Waals surface area contributed by atoms with Gasteiger partial charge in [0.25, 0.3) is 0 Å². The van der Waals surface area contributed by atoms with Crippen molar-refractivity contribution < 1.29 is 60.9 Å². The van der Waals surface area contributed by atoms with Crippen molar-refractivity contribution >= 4 is 7.81 Å². The maximum atomic E-state index is 9.87. The molecule has 0 saturated carbocycles. The van der Waals surface area contributed by atoms with Gasteiger partial charge in [-0.15, -0.1) is 0 Å². The first-order valence-corrected chi connectivity index (χ1v) is 8.30. The molecule has 4 nitrogen and oxygen atoms in total. The minimum atomic E-state index is -10.7. The molecule has 0 heterocycles. The fraction of sp³-hybridized carbons (Fsp3) is 0.0625. The normalized spacial score (nSPS) is 10.9. The zero-order valence-corrected chi connectivity index (χ0v) is 16.0. The molecule has 1 radical (unpaired) electrons. The van der Waals surface area contributed by atoms with Crippen LogP contribution in [-0.2, 0) is 31.0 Å². The van der Waals surface area contributed by atoms with Crippen LogP contribution in [0.25, 0.3) is 0 Å². The van der Waals surface area contributed by atoms with E-state index in [1.807, 2.05) is 54.6 Å². The molecule has 0 aliphatic heterocycles. The third kappa shape index (κ3) is 31.7. The largest absolute Gasteiger partial charge is 0 e. The Morgan fingerprint density at radius 3 is 1.25 bits per heavy atom. The molecule has 28 heavy (non-hydrogen) atoms. The fourth-order valence-corrected chi connectivity index (χ4v) is 1.23. The van der Waals surface area contributed by atoms with E-state index in [0.29, 0.717) is 0 Å². The molecule has 0 saturated heterocycles. The molecule has 0 amide bonds. The summed E-state index contributed by atoms with van der Waals surface area (Å²) in [5.74, 6) is 1.75. The van der Waals surface area contributed by atoms with Crippen molar-refractivity contribution in [3.8, 4) is 11.5 Å². The monoisotopic (exact) mass is 468 g/mol. The summed E-state index contributed by atoms with van der Waals surface area (Å²) in [6.07, 6.45) is 0. The van der Waals surface area contributed by atoms with Crippen LogP contribution in [0.5, 0.6) is 11.5 Å². The second-order valence-electron chi connectivity index (χ2n) is 4.19. The topological polar surface area (TPSA) is 68.9 Å². The smallest absolute Gasteiger partial charge is 0 e. The molecule has 0 fully saturated rings. The minimum Gasteiger partial charge on any atom is 0 e. The zero-order valence-electron chi connectivity index (χ0n) is 13.9. The Morgan fingerprint density at radius 1 is 0.643 bits per heavy atom. The Hall–Kier alpha value is -2.01. The van der Waals surface area contributed by atoms with Crippen molar-refractivity contribution in [2.75, 3.05) is 0 Å². The van der Waals surface area contributed by atoms with Crippen molar-refractivity contribution in [3.05, 3.63) is 80.1 Å². The number of halogens is 6. The van der Waals surface area contributed by atoms with Crippen molar-refractivity contribution in [3.63, 3.8) is 0 Å². The number of hydrogen-bond donors (Lipinski definition) is 0. The summed E-state index contributed by atoms with van der Waals surface area (Å²) in [7, 11) is -10.7. The Balaban J connectivity index is -0.000000177. The Bertz CT molecular complexity index is 688. The van der Waals surface area contributed by atoms with E-state index in [1.54, 1.807) is 0 Å². The van der Waals surface area contributed by atoms with Crippen LogP contribution < -0.4 is 4.74 Å². The second-order valence-corrected chi connectivity index (χ2v) is 6.10. The summed E-state index contributed by atoms with van der Waals surface area (Å²) in [4.78, 5) is 0. The van der Waals surface area contributed by atoms with E-state index in [-0.39, 0.29) is 17.1 Å². The van der Waals surface area contributed by atoms with Gasteiger partial charge in [0.2, 0.25) is 0 Å². The van der Waals surface area contributed by atoms with Gasteiger partial charge in [0.05, 0.1) is 0 Å². The van der Waals surface area contributed by atoms with Crippen LogP contribution >= 0.6 is 7.81 Å². The van der Waals surface area contributed by atoms with Gasteiger partial charge in [-0.1, -0.05) is 35.9 Å². The summed E-state index contributed by atoms with van der Waals surface area (Å²) >= 11 is 0. The number of hydrogen-bond acceptors (Lipinski definition) is 1. The van der Waals surface area contributed by atoms with Crippen LogP contribution in [0.1, 0.15) is 5.56 Å². The third-order valence-corrected chi connectivity index (χ3v) is 2.00. The molecule has 0 aliphatic carbocycles. The Kier molecular flexibility index (Phi) is 16.8. The molecule has 155 valence electrons. The SMILES string of the molecule is Cc1ccc(Oc2ccccc2)cc1.F[P-](F)(F)(F)(F)F.[C-]#[O+].[C-]#[O+].[C-]#[O+].[Mn]. The minimum absolute atomic E-state index is 0. The molecule has 0 spiro atoms. The molecular formula is C16H12F6MnO4P-. The van der Waals surface area contributed by atoms with Gasteiger partial charge in [-0.05, 0) is 31.2 Å². The first-order chi connectivity index (χ1) is 12.3. The van der Waals surface area contributed by atoms with E-state index >= 15 is 0 Å². The van der Waals surface area contributed by atoms with Gasteiger partial charge in [-0.25, -0.2) is 0 Å². The fourth-order valence-electron chi connectivity index (χ4n) is 1.23. The average molecular weight is 468 g/mol. The van der Waals surface area contributed by atoms with E-state index < -0.39 is 7.81 Å². The van der Waals surface area contributed by atoms with Crippen molar-refractivity contribution in [2.45, 2.75) is 6.92 Å². The number of aryl methyl sites for hydroxylation is 1.